The van der Waals surface area contributed by atoms with Crippen molar-refractivity contribution in [2.75, 3.05) is 25.2 Å². The summed E-state index contributed by atoms with van der Waals surface area (Å²) in [5.74, 6) is -0.514. The maximum atomic E-state index is 12.4. The molecular weight excluding hydrogens is 347 g/mol. The average molecular weight is 367 g/mol. The molecule has 1 aromatic carbocycles. The lowest BCUT2D eigenvalue weighted by Gasteiger charge is -2.24. The summed E-state index contributed by atoms with van der Waals surface area (Å²) in [6.07, 6.45) is -4.44. The van der Waals surface area contributed by atoms with Gasteiger partial charge in [-0.1, -0.05) is 6.92 Å². The van der Waals surface area contributed by atoms with E-state index in [4.69, 9.17) is 4.74 Å². The van der Waals surface area contributed by atoms with Crippen molar-refractivity contribution in [1.29, 1.82) is 0 Å². The SMILES string of the molecule is CCS(=O)(=O)CC(C)N(C)C(=O)COc1ccc(C(F)(F)F)cc1. The van der Waals surface area contributed by atoms with E-state index in [9.17, 15) is 26.4 Å². The van der Waals surface area contributed by atoms with Crippen LogP contribution in [0.25, 0.3) is 0 Å². The summed E-state index contributed by atoms with van der Waals surface area (Å²) in [5, 5.41) is 0. The molecule has 0 radical (unpaired) electrons. The van der Waals surface area contributed by atoms with Gasteiger partial charge in [0.25, 0.3) is 5.91 Å². The number of hydrogen-bond donors (Lipinski definition) is 0. The van der Waals surface area contributed by atoms with Gasteiger partial charge in [0.1, 0.15) is 5.75 Å². The third-order valence-corrected chi connectivity index (χ3v) is 5.40. The third-order valence-electron chi connectivity index (χ3n) is 3.53. The maximum Gasteiger partial charge on any atom is 0.416 e. The van der Waals surface area contributed by atoms with Crippen LogP contribution in [0, 0.1) is 0 Å². The smallest absolute Gasteiger partial charge is 0.416 e. The molecule has 1 rings (SSSR count). The lowest BCUT2D eigenvalue weighted by Crippen LogP contribution is -2.42. The van der Waals surface area contributed by atoms with Gasteiger partial charge in [0, 0.05) is 18.8 Å². The summed E-state index contributed by atoms with van der Waals surface area (Å²) in [7, 11) is -1.77. The van der Waals surface area contributed by atoms with Crippen LogP contribution in [0.3, 0.4) is 0 Å². The normalized spacial score (nSPS) is 13.4. The topological polar surface area (TPSA) is 63.7 Å². The molecule has 0 spiro atoms. The van der Waals surface area contributed by atoms with E-state index in [0.717, 1.165) is 24.3 Å². The number of hydrogen-bond acceptors (Lipinski definition) is 4. The standard InChI is InChI=1S/C15H20F3NO4S/c1-4-24(21,22)10-11(2)19(3)14(20)9-23-13-7-5-12(6-8-13)15(16,17)18/h5-8,11H,4,9-10H2,1-3H3. The number of alkyl halides is 3. The van der Waals surface area contributed by atoms with Crippen LogP contribution in [0.15, 0.2) is 24.3 Å². The average Bonchev–Trinajstić information content (AvgIpc) is 2.51. The first-order chi connectivity index (χ1) is 11.0. The number of carbonyl (C=O) groups is 1. The van der Waals surface area contributed by atoms with E-state index in [-0.39, 0.29) is 17.3 Å². The number of nitrogens with zero attached hydrogens (tertiary/aromatic N) is 1. The van der Waals surface area contributed by atoms with Crippen molar-refractivity contribution in [2.45, 2.75) is 26.1 Å². The van der Waals surface area contributed by atoms with Crippen LogP contribution >= 0.6 is 0 Å². The van der Waals surface area contributed by atoms with Gasteiger partial charge in [0.2, 0.25) is 0 Å². The van der Waals surface area contributed by atoms with Gasteiger partial charge >= 0.3 is 6.18 Å². The number of carbonyl (C=O) groups excluding carboxylic acids is 1. The monoisotopic (exact) mass is 367 g/mol. The minimum absolute atomic E-state index is 0.0125. The Morgan fingerprint density at radius 3 is 2.25 bits per heavy atom. The molecule has 136 valence electrons. The van der Waals surface area contributed by atoms with Crippen LogP contribution in [0.5, 0.6) is 5.75 Å². The van der Waals surface area contributed by atoms with Crippen molar-refractivity contribution < 1.29 is 31.1 Å². The van der Waals surface area contributed by atoms with Crippen molar-refractivity contribution in [3.63, 3.8) is 0 Å². The van der Waals surface area contributed by atoms with Crippen molar-refractivity contribution in [1.82, 2.24) is 4.90 Å². The Morgan fingerprint density at radius 2 is 1.79 bits per heavy atom. The van der Waals surface area contributed by atoms with E-state index in [2.05, 4.69) is 0 Å². The number of benzene rings is 1. The number of sulfone groups is 1. The quantitative estimate of drug-likeness (QED) is 0.742. The first kappa shape index (κ1) is 20.3. The highest BCUT2D eigenvalue weighted by atomic mass is 32.2. The Hall–Kier alpha value is -1.77. The second-order valence-electron chi connectivity index (χ2n) is 5.36. The zero-order chi connectivity index (χ0) is 18.5. The van der Waals surface area contributed by atoms with Gasteiger partial charge in [-0.25, -0.2) is 8.42 Å². The minimum atomic E-state index is -4.44. The summed E-state index contributed by atoms with van der Waals surface area (Å²) < 4.78 is 65.6. The molecule has 1 unspecified atom stereocenters. The Kier molecular flexibility index (Phi) is 6.65. The fraction of sp³-hybridized carbons (Fsp3) is 0.533. The summed E-state index contributed by atoms with van der Waals surface area (Å²) >= 11 is 0. The zero-order valence-electron chi connectivity index (χ0n) is 13.6. The Labute approximate surface area is 139 Å². The molecule has 0 N–H and O–H groups in total. The predicted molar refractivity (Wildman–Crippen MR) is 83.5 cm³/mol. The number of amides is 1. The second kappa shape index (κ2) is 7.87. The summed E-state index contributed by atoms with van der Waals surface area (Å²) in [4.78, 5) is 13.2. The Balaban J connectivity index is 2.59. The number of ether oxygens (including phenoxy) is 1. The highest BCUT2D eigenvalue weighted by molar-refractivity contribution is 7.91. The molecular formula is C15H20F3NO4S. The lowest BCUT2D eigenvalue weighted by molar-refractivity contribution is -0.137. The van der Waals surface area contributed by atoms with Crippen molar-refractivity contribution >= 4 is 15.7 Å². The van der Waals surface area contributed by atoms with Gasteiger partial charge in [-0.05, 0) is 31.2 Å². The Morgan fingerprint density at radius 1 is 1.25 bits per heavy atom. The van der Waals surface area contributed by atoms with Gasteiger partial charge in [-0.15, -0.1) is 0 Å². The van der Waals surface area contributed by atoms with Crippen LogP contribution < -0.4 is 4.74 Å². The largest absolute Gasteiger partial charge is 0.484 e. The van der Waals surface area contributed by atoms with Crippen LogP contribution in [-0.2, 0) is 20.8 Å². The van der Waals surface area contributed by atoms with Gasteiger partial charge < -0.3 is 9.64 Å². The van der Waals surface area contributed by atoms with Gasteiger partial charge in [0.15, 0.2) is 16.4 Å². The maximum absolute atomic E-state index is 12.4. The van der Waals surface area contributed by atoms with E-state index in [1.807, 2.05) is 0 Å². The van der Waals surface area contributed by atoms with Crippen molar-refractivity contribution in [3.05, 3.63) is 29.8 Å². The van der Waals surface area contributed by atoms with E-state index in [1.54, 1.807) is 6.92 Å². The van der Waals surface area contributed by atoms with Gasteiger partial charge in [-0.2, -0.15) is 13.2 Å². The molecule has 1 amide bonds. The molecule has 9 heteroatoms. The molecule has 1 atom stereocenters. The highest BCUT2D eigenvalue weighted by Crippen LogP contribution is 2.30. The third kappa shape index (κ3) is 6.03. The molecule has 5 nitrogen and oxygen atoms in total. The zero-order valence-corrected chi connectivity index (χ0v) is 14.4. The first-order valence-corrected chi connectivity index (χ1v) is 9.04. The second-order valence-corrected chi connectivity index (χ2v) is 7.76. The van der Waals surface area contributed by atoms with Gasteiger partial charge in [0.05, 0.1) is 11.3 Å². The summed E-state index contributed by atoms with van der Waals surface area (Å²) in [6.45, 7) is 2.74. The molecule has 0 aliphatic carbocycles. The lowest BCUT2D eigenvalue weighted by atomic mass is 10.2. The van der Waals surface area contributed by atoms with Crippen LogP contribution in [0.4, 0.5) is 13.2 Å². The molecule has 0 aromatic heterocycles. The minimum Gasteiger partial charge on any atom is -0.484 e. The van der Waals surface area contributed by atoms with Crippen LogP contribution in [0.2, 0.25) is 0 Å². The van der Waals surface area contributed by atoms with Crippen LogP contribution in [0.1, 0.15) is 19.4 Å². The van der Waals surface area contributed by atoms with E-state index < -0.39 is 40.1 Å². The van der Waals surface area contributed by atoms with E-state index in [1.165, 1.54) is 18.9 Å². The number of likely N-dealkylation sites (N-methyl/N-ethyl adjacent to an activating group) is 1. The number of rotatable bonds is 7. The first-order valence-electron chi connectivity index (χ1n) is 7.22. The molecule has 0 saturated carbocycles. The molecule has 0 aliphatic rings. The van der Waals surface area contributed by atoms with E-state index >= 15 is 0 Å². The summed E-state index contributed by atoms with van der Waals surface area (Å²) in [5.41, 5.74) is -0.809. The Bertz CT molecular complexity index is 656. The summed E-state index contributed by atoms with van der Waals surface area (Å²) in [6, 6.07) is 3.45. The van der Waals surface area contributed by atoms with Crippen molar-refractivity contribution in [3.8, 4) is 5.75 Å². The van der Waals surface area contributed by atoms with E-state index in [0.29, 0.717) is 0 Å². The highest BCUT2D eigenvalue weighted by Gasteiger charge is 2.30. The molecule has 0 aliphatic heterocycles. The predicted octanol–water partition coefficient (Wildman–Crippen LogP) is 2.37. The fourth-order valence-electron chi connectivity index (χ4n) is 1.83. The molecule has 0 bridgehead atoms. The van der Waals surface area contributed by atoms with Crippen molar-refractivity contribution in [2.24, 2.45) is 0 Å². The molecule has 1 aromatic rings. The molecule has 0 fully saturated rings. The number of halogens is 3. The van der Waals surface area contributed by atoms with Gasteiger partial charge in [-0.3, -0.25) is 4.79 Å². The molecule has 0 saturated heterocycles. The fourth-order valence-corrected chi connectivity index (χ4v) is 3.02. The molecule has 0 heterocycles. The van der Waals surface area contributed by atoms with Crippen LogP contribution in [-0.4, -0.2) is 50.4 Å². The molecule has 24 heavy (non-hydrogen) atoms.